The van der Waals surface area contributed by atoms with Gasteiger partial charge in [-0.25, -0.2) is 4.68 Å². The van der Waals surface area contributed by atoms with Crippen LogP contribution in [-0.2, 0) is 11.8 Å². The van der Waals surface area contributed by atoms with Crippen LogP contribution in [0.1, 0.15) is 13.8 Å². The zero-order valence-electron chi connectivity index (χ0n) is 21.7. The van der Waals surface area contributed by atoms with Gasteiger partial charge >= 0.3 is 18.7 Å². The van der Waals surface area contributed by atoms with Crippen LogP contribution in [0.15, 0.2) is 77.9 Å². The van der Waals surface area contributed by atoms with E-state index in [-0.39, 0.29) is 23.8 Å². The average Bonchev–Trinajstić information content (AvgIpc) is 3.31. The van der Waals surface area contributed by atoms with Crippen LogP contribution in [-0.4, -0.2) is 45.7 Å². The number of carbonyl (C=O) groups is 1. The van der Waals surface area contributed by atoms with Gasteiger partial charge in [-0.15, -0.1) is 0 Å². The summed E-state index contributed by atoms with van der Waals surface area (Å²) in [6.45, 7) is 0.554. The summed E-state index contributed by atoms with van der Waals surface area (Å²) in [5, 5.41) is 7.05. The Hall–Kier alpha value is -4.42. The number of ether oxygens (including phenoxy) is 2. The molecule has 214 valence electrons. The van der Waals surface area contributed by atoms with Crippen LogP contribution in [0.2, 0.25) is 0 Å². The topological polar surface area (TPSA) is 87.4 Å². The first-order chi connectivity index (χ1) is 18.8. The second kappa shape index (κ2) is 13.1. The zero-order valence-corrected chi connectivity index (χ0v) is 21.7. The highest BCUT2D eigenvalue weighted by Crippen LogP contribution is 2.24. The Bertz CT molecular complexity index is 1470. The summed E-state index contributed by atoms with van der Waals surface area (Å²) in [7, 11) is 1.65. The van der Waals surface area contributed by atoms with Gasteiger partial charge in [0.05, 0.1) is 23.4 Å². The molecule has 13 heteroatoms. The molecule has 0 radical (unpaired) electrons. The van der Waals surface area contributed by atoms with Crippen LogP contribution in [0.4, 0.5) is 22.0 Å². The molecule has 0 aliphatic carbocycles. The minimum absolute atomic E-state index is 0.111. The Morgan fingerprint density at radius 1 is 1.02 bits per heavy atom. The van der Waals surface area contributed by atoms with Crippen molar-refractivity contribution in [2.75, 3.05) is 6.61 Å². The third kappa shape index (κ3) is 8.29. The lowest BCUT2D eigenvalue weighted by Crippen LogP contribution is -2.48. The van der Waals surface area contributed by atoms with E-state index in [4.69, 9.17) is 4.74 Å². The summed E-state index contributed by atoms with van der Waals surface area (Å²) in [5.41, 5.74) is 1.34. The fraction of sp³-hybridized carbons (Fsp3) is 0.296. The molecule has 0 aliphatic rings. The summed E-state index contributed by atoms with van der Waals surface area (Å²) in [6.07, 6.45) is -1.66. The van der Waals surface area contributed by atoms with Crippen molar-refractivity contribution in [2.45, 2.75) is 32.7 Å². The molecule has 2 heterocycles. The average molecular weight is 567 g/mol. The smallest absolute Gasteiger partial charge is 0.471 e. The van der Waals surface area contributed by atoms with Crippen molar-refractivity contribution in [1.29, 1.82) is 0 Å². The third-order valence-corrected chi connectivity index (χ3v) is 5.63. The van der Waals surface area contributed by atoms with Crippen molar-refractivity contribution in [2.24, 2.45) is 13.0 Å². The van der Waals surface area contributed by atoms with Gasteiger partial charge in [0.25, 0.3) is 0 Å². The Labute approximate surface area is 225 Å². The summed E-state index contributed by atoms with van der Waals surface area (Å²) in [4.78, 5) is 22.8. The molecule has 8 nitrogen and oxygen atoms in total. The van der Waals surface area contributed by atoms with E-state index < -0.39 is 24.7 Å². The summed E-state index contributed by atoms with van der Waals surface area (Å²) < 4.78 is 73.4. The lowest BCUT2D eigenvalue weighted by atomic mass is 10.1. The summed E-state index contributed by atoms with van der Waals surface area (Å²) in [5.74, 6) is -1.61. The SMILES string of the molecule is CC(C)C(COc1ccc2c(cnn2-c2ccc(=O)n(C)c2)c1)NC(=O)C(F)(F)F.FC(F)Oc1ccccc1. The van der Waals surface area contributed by atoms with E-state index in [9.17, 15) is 31.5 Å². The number of halogens is 5. The van der Waals surface area contributed by atoms with Crippen molar-refractivity contribution in [3.05, 3.63) is 83.4 Å². The van der Waals surface area contributed by atoms with Crippen LogP contribution >= 0.6 is 0 Å². The largest absolute Gasteiger partial charge is 0.491 e. The predicted molar refractivity (Wildman–Crippen MR) is 138 cm³/mol. The number of amides is 1. The number of alkyl halides is 5. The van der Waals surface area contributed by atoms with Crippen molar-refractivity contribution < 1.29 is 36.2 Å². The van der Waals surface area contributed by atoms with Crippen molar-refractivity contribution >= 4 is 16.8 Å². The Morgan fingerprint density at radius 2 is 1.73 bits per heavy atom. The normalized spacial score (nSPS) is 12.2. The number of benzene rings is 2. The van der Waals surface area contributed by atoms with Crippen molar-refractivity contribution in [3.8, 4) is 17.2 Å². The fourth-order valence-corrected chi connectivity index (χ4v) is 3.45. The van der Waals surface area contributed by atoms with E-state index in [1.165, 1.54) is 22.8 Å². The molecule has 0 saturated heterocycles. The number of aryl methyl sites for hydroxylation is 1. The number of pyridine rings is 1. The molecule has 1 amide bonds. The zero-order chi connectivity index (χ0) is 29.4. The van der Waals surface area contributed by atoms with E-state index in [2.05, 4.69) is 9.84 Å². The Kier molecular flexibility index (Phi) is 9.86. The molecule has 2 aromatic carbocycles. The monoisotopic (exact) mass is 566 g/mol. The van der Waals surface area contributed by atoms with Crippen LogP contribution in [0.25, 0.3) is 16.6 Å². The van der Waals surface area contributed by atoms with Crippen molar-refractivity contribution in [3.63, 3.8) is 0 Å². The maximum Gasteiger partial charge on any atom is 0.471 e. The number of hydrogen-bond donors (Lipinski definition) is 1. The molecule has 0 aliphatic heterocycles. The van der Waals surface area contributed by atoms with Crippen LogP contribution in [0.3, 0.4) is 0 Å². The van der Waals surface area contributed by atoms with E-state index >= 15 is 0 Å². The van der Waals surface area contributed by atoms with Gasteiger partial charge in [-0.1, -0.05) is 32.0 Å². The molecular weight excluding hydrogens is 539 g/mol. The van der Waals surface area contributed by atoms with Crippen molar-refractivity contribution in [1.82, 2.24) is 19.7 Å². The van der Waals surface area contributed by atoms with Gasteiger partial charge in [-0.05, 0) is 42.3 Å². The molecule has 0 fully saturated rings. The maximum absolute atomic E-state index is 12.5. The quantitative estimate of drug-likeness (QED) is 0.300. The number of hydrogen-bond acceptors (Lipinski definition) is 5. The summed E-state index contributed by atoms with van der Waals surface area (Å²) >= 11 is 0. The molecule has 4 aromatic rings. The molecule has 1 atom stereocenters. The van der Waals surface area contributed by atoms with Gasteiger partial charge < -0.3 is 19.4 Å². The molecule has 2 aromatic heterocycles. The third-order valence-electron chi connectivity index (χ3n) is 5.63. The van der Waals surface area contributed by atoms with Crippen LogP contribution < -0.4 is 20.3 Å². The minimum atomic E-state index is -4.94. The Balaban J connectivity index is 0.000000371. The van der Waals surface area contributed by atoms with Gasteiger partial charge in [0.15, 0.2) is 0 Å². The first-order valence-corrected chi connectivity index (χ1v) is 12.0. The van der Waals surface area contributed by atoms with Gasteiger partial charge in [0, 0.05) is 24.7 Å². The number of para-hydroxylation sites is 1. The molecule has 0 saturated carbocycles. The standard InChI is InChI=1S/C20H21F3N4O3.C7H6F2O/c1-12(2)16(25-19(29)20(21,22)23)11-30-15-5-6-17-13(8-15)9-24-27(17)14-4-7-18(28)26(3)10-14;8-7(9)10-6-4-2-1-3-5-6/h4-10,12,16H,11H2,1-3H3,(H,25,29);1-5,7H. The van der Waals surface area contributed by atoms with Crippen LogP contribution in [0.5, 0.6) is 11.5 Å². The minimum Gasteiger partial charge on any atom is -0.491 e. The molecular formula is C27H27F5N4O4. The highest BCUT2D eigenvalue weighted by atomic mass is 19.4. The van der Waals surface area contributed by atoms with Crippen LogP contribution in [0, 0.1) is 5.92 Å². The second-order valence-corrected chi connectivity index (χ2v) is 8.94. The lowest BCUT2D eigenvalue weighted by molar-refractivity contribution is -0.174. The number of carbonyl (C=O) groups excluding carboxylic acids is 1. The maximum atomic E-state index is 12.5. The van der Waals surface area contributed by atoms with Gasteiger partial charge in [0.1, 0.15) is 18.1 Å². The number of rotatable bonds is 8. The predicted octanol–water partition coefficient (Wildman–Crippen LogP) is 5.09. The van der Waals surface area contributed by atoms with Gasteiger partial charge in [-0.3, -0.25) is 9.59 Å². The van der Waals surface area contributed by atoms with Gasteiger partial charge in [-0.2, -0.15) is 27.1 Å². The molecule has 0 bridgehead atoms. The molecule has 1 N–H and O–H groups in total. The number of nitrogens with one attached hydrogen (secondary N) is 1. The highest BCUT2D eigenvalue weighted by molar-refractivity contribution is 5.82. The molecule has 0 spiro atoms. The number of nitrogens with zero attached hydrogens (tertiary/aromatic N) is 3. The van der Waals surface area contributed by atoms with E-state index in [0.717, 1.165) is 10.9 Å². The van der Waals surface area contributed by atoms with E-state index in [0.29, 0.717) is 11.4 Å². The Morgan fingerprint density at radius 3 is 2.33 bits per heavy atom. The summed E-state index contributed by atoms with van der Waals surface area (Å²) in [6, 6.07) is 15.4. The fourth-order valence-electron chi connectivity index (χ4n) is 3.45. The number of fused-ring (bicyclic) bond motifs is 1. The van der Waals surface area contributed by atoms with Gasteiger partial charge in [0.2, 0.25) is 5.56 Å². The lowest BCUT2D eigenvalue weighted by Gasteiger charge is -2.23. The van der Waals surface area contributed by atoms with E-state index in [1.54, 1.807) is 80.4 Å². The second-order valence-electron chi connectivity index (χ2n) is 8.94. The first-order valence-electron chi connectivity index (χ1n) is 12.0. The highest BCUT2D eigenvalue weighted by Gasteiger charge is 2.40. The number of aromatic nitrogens is 3. The van der Waals surface area contributed by atoms with E-state index in [1.807, 2.05) is 5.32 Å². The molecule has 1 unspecified atom stereocenters. The first kappa shape index (κ1) is 30.1. The molecule has 40 heavy (non-hydrogen) atoms. The molecule has 4 rings (SSSR count).